The first-order valence-electron chi connectivity index (χ1n) is 14.7. The van der Waals surface area contributed by atoms with Gasteiger partial charge in [0.25, 0.3) is 0 Å². The molecule has 4 heterocycles. The molecule has 0 unspecified atom stereocenters. The number of nitrogens with one attached hydrogen (secondary N) is 1. The van der Waals surface area contributed by atoms with Gasteiger partial charge in [-0.2, -0.15) is 13.2 Å². The molecular weight excluding hydrogens is 543 g/mol. The molecule has 0 saturated carbocycles. The van der Waals surface area contributed by atoms with Crippen LogP contribution in [0, 0.1) is 0 Å². The number of likely N-dealkylation sites (N-methyl/N-ethyl adjacent to an activating group) is 1. The Morgan fingerprint density at radius 3 is 2.57 bits per heavy atom. The molecule has 7 nitrogen and oxygen atoms in total. The van der Waals surface area contributed by atoms with Crippen LogP contribution >= 0.6 is 0 Å². The van der Waals surface area contributed by atoms with E-state index < -0.39 is 11.7 Å². The van der Waals surface area contributed by atoms with Crippen LogP contribution in [0.1, 0.15) is 40.3 Å². The zero-order valence-electron chi connectivity index (χ0n) is 23.8. The standard InChI is InChI=1S/C32H36F3N5O2/c1-2-38-13-15-39(16-14-38)20-24-4-3-22(17-28(24)32(33,34)35)18-30(41)40-12-9-23-5-6-26(19-25(23)21-40)42-29-8-11-37-31-27(29)7-10-36-31/h3-6,8,11,17,19H,2,7,9-10,12-16,18,20-21H2,1H3,(H,36,37). The third-order valence-electron chi connectivity index (χ3n) is 8.59. The molecule has 1 amide bonds. The number of alkyl halides is 3. The molecule has 1 aromatic heterocycles. The fraction of sp³-hybridized carbons (Fsp3) is 0.438. The van der Waals surface area contributed by atoms with Crippen LogP contribution in [-0.4, -0.2) is 71.4 Å². The van der Waals surface area contributed by atoms with Crippen molar-refractivity contribution in [1.29, 1.82) is 0 Å². The Morgan fingerprint density at radius 2 is 1.79 bits per heavy atom. The number of aromatic nitrogens is 1. The summed E-state index contributed by atoms with van der Waals surface area (Å²) in [5.41, 5.74) is 3.19. The van der Waals surface area contributed by atoms with Gasteiger partial charge >= 0.3 is 6.18 Å². The molecule has 42 heavy (non-hydrogen) atoms. The zero-order chi connectivity index (χ0) is 29.3. The second kappa shape index (κ2) is 11.9. The predicted molar refractivity (Wildman–Crippen MR) is 155 cm³/mol. The van der Waals surface area contributed by atoms with Gasteiger partial charge < -0.3 is 19.9 Å². The van der Waals surface area contributed by atoms with Crippen molar-refractivity contribution >= 4 is 11.7 Å². The van der Waals surface area contributed by atoms with E-state index in [2.05, 4.69) is 27.0 Å². The van der Waals surface area contributed by atoms with E-state index >= 15 is 0 Å². The number of hydrogen-bond donors (Lipinski definition) is 1. The summed E-state index contributed by atoms with van der Waals surface area (Å²) < 4.78 is 48.5. The van der Waals surface area contributed by atoms with Crippen LogP contribution in [0.2, 0.25) is 0 Å². The van der Waals surface area contributed by atoms with E-state index in [0.29, 0.717) is 30.8 Å². The minimum Gasteiger partial charge on any atom is -0.457 e. The molecule has 3 aliphatic heterocycles. The summed E-state index contributed by atoms with van der Waals surface area (Å²) in [7, 11) is 0. The molecule has 0 atom stereocenters. The summed E-state index contributed by atoms with van der Waals surface area (Å²) in [4.78, 5) is 23.7. The number of benzene rings is 2. The van der Waals surface area contributed by atoms with Crippen molar-refractivity contribution in [3.05, 3.63) is 82.0 Å². The Balaban J connectivity index is 1.12. The van der Waals surface area contributed by atoms with Crippen molar-refractivity contribution in [1.82, 2.24) is 19.7 Å². The second-order valence-corrected chi connectivity index (χ2v) is 11.3. The predicted octanol–water partition coefficient (Wildman–Crippen LogP) is 5.13. The quantitative estimate of drug-likeness (QED) is 0.419. The van der Waals surface area contributed by atoms with Crippen molar-refractivity contribution < 1.29 is 22.7 Å². The molecule has 1 N–H and O–H groups in total. The van der Waals surface area contributed by atoms with E-state index in [4.69, 9.17) is 4.74 Å². The molecule has 6 rings (SSSR count). The molecule has 3 aliphatic rings. The molecule has 10 heteroatoms. The van der Waals surface area contributed by atoms with Gasteiger partial charge in [0, 0.05) is 64.1 Å². The first kappa shape index (κ1) is 28.5. The van der Waals surface area contributed by atoms with Crippen molar-refractivity contribution in [2.75, 3.05) is 51.1 Å². The maximum Gasteiger partial charge on any atom is 0.416 e. The van der Waals surface area contributed by atoms with Crippen molar-refractivity contribution in [2.45, 2.75) is 45.5 Å². The number of piperazine rings is 1. The van der Waals surface area contributed by atoms with Crippen LogP contribution in [0.3, 0.4) is 0 Å². The van der Waals surface area contributed by atoms with Crippen LogP contribution in [0.5, 0.6) is 11.5 Å². The number of hydrogen-bond acceptors (Lipinski definition) is 6. The van der Waals surface area contributed by atoms with Crippen molar-refractivity contribution in [3.8, 4) is 11.5 Å². The lowest BCUT2D eigenvalue weighted by atomic mass is 9.97. The van der Waals surface area contributed by atoms with Crippen LogP contribution in [0.4, 0.5) is 19.0 Å². The Kier molecular flexibility index (Phi) is 8.09. The Hall–Kier alpha value is -3.63. The molecule has 0 spiro atoms. The Morgan fingerprint density at radius 1 is 0.976 bits per heavy atom. The number of rotatable bonds is 7. The highest BCUT2D eigenvalue weighted by Crippen LogP contribution is 2.35. The van der Waals surface area contributed by atoms with Crippen LogP contribution in [0.25, 0.3) is 0 Å². The number of fused-ring (bicyclic) bond motifs is 2. The lowest BCUT2D eigenvalue weighted by molar-refractivity contribution is -0.138. The molecule has 1 fully saturated rings. The van der Waals surface area contributed by atoms with Gasteiger partial charge in [0.05, 0.1) is 12.0 Å². The van der Waals surface area contributed by atoms with Crippen LogP contribution in [-0.2, 0) is 43.3 Å². The maximum absolute atomic E-state index is 14.1. The number of carbonyl (C=O) groups is 1. The highest BCUT2D eigenvalue weighted by molar-refractivity contribution is 5.79. The zero-order valence-corrected chi connectivity index (χ0v) is 23.8. The lowest BCUT2D eigenvalue weighted by Crippen LogP contribution is -2.45. The molecule has 2 aromatic carbocycles. The van der Waals surface area contributed by atoms with Gasteiger partial charge in [-0.05, 0) is 65.9 Å². The minimum absolute atomic E-state index is 0.0692. The molecule has 0 aliphatic carbocycles. The fourth-order valence-corrected chi connectivity index (χ4v) is 6.13. The molecule has 0 radical (unpaired) electrons. The van der Waals surface area contributed by atoms with E-state index in [9.17, 15) is 18.0 Å². The summed E-state index contributed by atoms with van der Waals surface area (Å²) in [6.07, 6.45) is -1.30. The Bertz CT molecular complexity index is 1450. The number of anilines is 1. The van der Waals surface area contributed by atoms with Crippen molar-refractivity contribution in [2.24, 2.45) is 0 Å². The first-order chi connectivity index (χ1) is 20.3. The van der Waals surface area contributed by atoms with Crippen LogP contribution < -0.4 is 10.1 Å². The van der Waals surface area contributed by atoms with Gasteiger partial charge in [0.2, 0.25) is 5.91 Å². The summed E-state index contributed by atoms with van der Waals surface area (Å²) in [6, 6.07) is 12.2. The van der Waals surface area contributed by atoms with E-state index in [1.54, 1.807) is 23.2 Å². The number of nitrogens with zero attached hydrogens (tertiary/aromatic N) is 4. The number of pyridine rings is 1. The monoisotopic (exact) mass is 579 g/mol. The largest absolute Gasteiger partial charge is 0.457 e. The highest BCUT2D eigenvalue weighted by Gasteiger charge is 2.34. The molecule has 1 saturated heterocycles. The average molecular weight is 580 g/mol. The molecule has 3 aromatic rings. The minimum atomic E-state index is -4.48. The number of carbonyl (C=O) groups excluding carboxylic acids is 1. The van der Waals surface area contributed by atoms with Gasteiger partial charge in [-0.1, -0.05) is 25.1 Å². The topological polar surface area (TPSA) is 60.9 Å². The van der Waals surface area contributed by atoms with Gasteiger partial charge in [0.15, 0.2) is 0 Å². The molecule has 222 valence electrons. The summed E-state index contributed by atoms with van der Waals surface area (Å²) >= 11 is 0. The summed E-state index contributed by atoms with van der Waals surface area (Å²) in [6.45, 7) is 8.28. The number of halogens is 3. The van der Waals surface area contributed by atoms with E-state index in [0.717, 1.165) is 73.9 Å². The lowest BCUT2D eigenvalue weighted by Gasteiger charge is -2.34. The Labute approximate surface area is 244 Å². The third-order valence-corrected chi connectivity index (χ3v) is 8.59. The van der Waals surface area contributed by atoms with E-state index in [1.807, 2.05) is 24.3 Å². The van der Waals surface area contributed by atoms with Gasteiger partial charge in [-0.15, -0.1) is 0 Å². The first-order valence-corrected chi connectivity index (χ1v) is 14.7. The third kappa shape index (κ3) is 6.24. The van der Waals surface area contributed by atoms with Gasteiger partial charge in [-0.3, -0.25) is 9.69 Å². The highest BCUT2D eigenvalue weighted by atomic mass is 19.4. The van der Waals surface area contributed by atoms with E-state index in [1.165, 1.54) is 6.07 Å². The van der Waals surface area contributed by atoms with Crippen molar-refractivity contribution in [3.63, 3.8) is 0 Å². The van der Waals surface area contributed by atoms with Gasteiger partial charge in [0.1, 0.15) is 17.3 Å². The number of amides is 1. The van der Waals surface area contributed by atoms with Crippen LogP contribution in [0.15, 0.2) is 48.7 Å². The molecule has 0 bridgehead atoms. The maximum atomic E-state index is 14.1. The SMILES string of the molecule is CCN1CCN(Cc2ccc(CC(=O)N3CCc4ccc(Oc5ccnc6c5CCN6)cc4C3)cc2C(F)(F)F)CC1. The van der Waals surface area contributed by atoms with Gasteiger partial charge in [-0.25, -0.2) is 4.98 Å². The average Bonchev–Trinajstić information content (AvgIpc) is 3.47. The normalized spacial score (nSPS) is 17.5. The smallest absolute Gasteiger partial charge is 0.416 e. The fourth-order valence-electron chi connectivity index (χ4n) is 6.13. The molecular formula is C32H36F3N5O2. The summed E-state index contributed by atoms with van der Waals surface area (Å²) in [5.74, 6) is 2.12. The number of ether oxygens (including phenoxy) is 1. The summed E-state index contributed by atoms with van der Waals surface area (Å²) in [5, 5.41) is 3.25. The second-order valence-electron chi connectivity index (χ2n) is 11.3. The van der Waals surface area contributed by atoms with E-state index in [-0.39, 0.29) is 24.4 Å².